The Labute approximate surface area is 170 Å². The molecule has 150 valence electrons. The first-order valence-corrected chi connectivity index (χ1v) is 9.90. The van der Waals surface area contributed by atoms with Crippen molar-refractivity contribution in [3.8, 4) is 6.07 Å². The molecule has 4 rings (SSSR count). The van der Waals surface area contributed by atoms with Gasteiger partial charge in [0.15, 0.2) is 0 Å². The molecule has 5 nitrogen and oxygen atoms in total. The van der Waals surface area contributed by atoms with Gasteiger partial charge in [-0.05, 0) is 36.6 Å². The summed E-state index contributed by atoms with van der Waals surface area (Å²) in [6.07, 6.45) is 1.28. The van der Waals surface area contributed by atoms with E-state index in [0.29, 0.717) is 50.5 Å². The fourth-order valence-electron chi connectivity index (χ4n) is 4.23. The maximum atomic E-state index is 14.4. The summed E-state index contributed by atoms with van der Waals surface area (Å²) in [6, 6.07) is 16.4. The predicted octanol–water partition coefficient (Wildman–Crippen LogP) is 3.86. The number of carbonyl (C=O) groups is 1. The van der Waals surface area contributed by atoms with Crippen molar-refractivity contribution in [1.82, 2.24) is 4.90 Å². The lowest BCUT2D eigenvalue weighted by atomic mass is 9.78. The first kappa shape index (κ1) is 19.4. The standard InChI is InChI=1S/C23H24FN3O2/c1-23(22(28)27-16-29-15-21(27)18-5-3-2-4-6-18)9-11-26(12-10-23)20-8-7-17(14-25)13-19(20)24/h2-8,13,21H,9-12,15-16H2,1H3/t21-/m0/s1. The molecule has 2 saturated heterocycles. The molecule has 2 aromatic rings. The summed E-state index contributed by atoms with van der Waals surface area (Å²) in [4.78, 5) is 17.2. The van der Waals surface area contributed by atoms with Crippen molar-refractivity contribution in [3.63, 3.8) is 0 Å². The van der Waals surface area contributed by atoms with Crippen LogP contribution >= 0.6 is 0 Å². The molecule has 2 aromatic carbocycles. The number of carbonyl (C=O) groups excluding carboxylic acids is 1. The maximum absolute atomic E-state index is 14.4. The van der Waals surface area contributed by atoms with Gasteiger partial charge in [0, 0.05) is 13.1 Å². The highest BCUT2D eigenvalue weighted by Crippen LogP contribution is 2.39. The van der Waals surface area contributed by atoms with Gasteiger partial charge in [-0.2, -0.15) is 5.26 Å². The zero-order chi connectivity index (χ0) is 20.4. The van der Waals surface area contributed by atoms with Gasteiger partial charge in [-0.15, -0.1) is 0 Å². The molecule has 0 radical (unpaired) electrons. The zero-order valence-corrected chi connectivity index (χ0v) is 16.5. The second-order valence-electron chi connectivity index (χ2n) is 8.03. The Kier molecular flexibility index (Phi) is 5.25. The number of hydrogen-bond donors (Lipinski definition) is 0. The zero-order valence-electron chi connectivity index (χ0n) is 16.5. The molecule has 0 spiro atoms. The molecule has 0 aromatic heterocycles. The number of halogens is 1. The molecule has 2 fully saturated rings. The lowest BCUT2D eigenvalue weighted by Gasteiger charge is -2.42. The molecular formula is C23H24FN3O2. The maximum Gasteiger partial charge on any atom is 0.231 e. The van der Waals surface area contributed by atoms with Crippen LogP contribution in [0.5, 0.6) is 0 Å². The SMILES string of the molecule is CC1(C(=O)N2COC[C@H]2c2ccccc2)CCN(c2ccc(C#N)cc2F)CC1. The quantitative estimate of drug-likeness (QED) is 0.795. The first-order chi connectivity index (χ1) is 14.0. The largest absolute Gasteiger partial charge is 0.369 e. The third-order valence-corrected chi connectivity index (χ3v) is 6.13. The number of rotatable bonds is 3. The van der Waals surface area contributed by atoms with Crippen molar-refractivity contribution in [2.45, 2.75) is 25.8 Å². The molecule has 0 unspecified atom stereocenters. The first-order valence-electron chi connectivity index (χ1n) is 9.90. The van der Waals surface area contributed by atoms with Crippen molar-refractivity contribution >= 4 is 11.6 Å². The van der Waals surface area contributed by atoms with Crippen LogP contribution in [0, 0.1) is 22.6 Å². The number of nitriles is 1. The Bertz CT molecular complexity index is 933. The van der Waals surface area contributed by atoms with E-state index >= 15 is 0 Å². The smallest absolute Gasteiger partial charge is 0.231 e. The lowest BCUT2D eigenvalue weighted by Crippen LogP contribution is -2.49. The van der Waals surface area contributed by atoms with Gasteiger partial charge in [-0.3, -0.25) is 4.79 Å². The highest BCUT2D eigenvalue weighted by atomic mass is 19.1. The van der Waals surface area contributed by atoms with E-state index in [1.54, 1.807) is 12.1 Å². The predicted molar refractivity (Wildman–Crippen MR) is 108 cm³/mol. The van der Waals surface area contributed by atoms with Crippen molar-refractivity contribution in [2.75, 3.05) is 31.3 Å². The Balaban J connectivity index is 1.46. The Morgan fingerprint density at radius 3 is 2.59 bits per heavy atom. The number of hydrogen-bond acceptors (Lipinski definition) is 4. The van der Waals surface area contributed by atoms with Crippen LogP contribution < -0.4 is 4.90 Å². The average Bonchev–Trinajstić information content (AvgIpc) is 3.24. The minimum atomic E-state index is -0.500. The number of nitrogens with zero attached hydrogens (tertiary/aromatic N) is 3. The van der Waals surface area contributed by atoms with Crippen molar-refractivity contribution < 1.29 is 13.9 Å². The van der Waals surface area contributed by atoms with E-state index in [1.165, 1.54) is 6.07 Å². The number of amides is 1. The molecule has 2 heterocycles. The van der Waals surface area contributed by atoms with Crippen LogP contribution in [0.25, 0.3) is 0 Å². The van der Waals surface area contributed by atoms with Crippen LogP contribution in [0.15, 0.2) is 48.5 Å². The molecule has 0 bridgehead atoms. The van der Waals surface area contributed by atoms with E-state index in [0.717, 1.165) is 5.56 Å². The third-order valence-electron chi connectivity index (χ3n) is 6.13. The van der Waals surface area contributed by atoms with Crippen molar-refractivity contribution in [1.29, 1.82) is 5.26 Å². The van der Waals surface area contributed by atoms with Crippen LogP contribution in [0.1, 0.15) is 36.9 Å². The summed E-state index contributed by atoms with van der Waals surface area (Å²) in [5.41, 5.74) is 1.38. The van der Waals surface area contributed by atoms with Gasteiger partial charge in [-0.25, -0.2) is 4.39 Å². The highest BCUT2D eigenvalue weighted by molar-refractivity contribution is 5.83. The van der Waals surface area contributed by atoms with Crippen LogP contribution in [0.2, 0.25) is 0 Å². The van der Waals surface area contributed by atoms with Crippen LogP contribution in [-0.4, -0.2) is 37.2 Å². The van der Waals surface area contributed by atoms with Gasteiger partial charge in [0.25, 0.3) is 0 Å². The van der Waals surface area contributed by atoms with Crippen molar-refractivity contribution in [2.24, 2.45) is 5.41 Å². The van der Waals surface area contributed by atoms with Gasteiger partial charge in [0.05, 0.1) is 35.4 Å². The van der Waals surface area contributed by atoms with Gasteiger partial charge in [0.1, 0.15) is 12.5 Å². The minimum Gasteiger partial charge on any atom is -0.369 e. The fraction of sp³-hybridized carbons (Fsp3) is 0.391. The average molecular weight is 393 g/mol. The molecule has 2 aliphatic rings. The molecule has 29 heavy (non-hydrogen) atoms. The molecule has 2 aliphatic heterocycles. The molecule has 0 N–H and O–H groups in total. The molecule has 0 saturated carbocycles. The third kappa shape index (κ3) is 3.70. The van der Waals surface area contributed by atoms with E-state index in [2.05, 4.69) is 0 Å². The molecule has 1 amide bonds. The summed E-state index contributed by atoms with van der Waals surface area (Å²) in [7, 11) is 0. The normalized spacial score (nSPS) is 21.1. The Morgan fingerprint density at radius 2 is 1.93 bits per heavy atom. The summed E-state index contributed by atoms with van der Waals surface area (Å²) in [5, 5.41) is 8.92. The van der Waals surface area contributed by atoms with Gasteiger partial charge < -0.3 is 14.5 Å². The van der Waals surface area contributed by atoms with Crippen LogP contribution in [0.3, 0.4) is 0 Å². The number of ether oxygens (including phenoxy) is 1. The van der Waals surface area contributed by atoms with Crippen molar-refractivity contribution in [3.05, 3.63) is 65.5 Å². The monoisotopic (exact) mass is 393 g/mol. The van der Waals surface area contributed by atoms with Gasteiger partial charge in [0.2, 0.25) is 5.91 Å². The van der Waals surface area contributed by atoms with E-state index < -0.39 is 11.2 Å². The Morgan fingerprint density at radius 1 is 1.21 bits per heavy atom. The summed E-state index contributed by atoms with van der Waals surface area (Å²) >= 11 is 0. The molecular weight excluding hydrogens is 369 g/mol. The fourth-order valence-corrected chi connectivity index (χ4v) is 4.23. The summed E-state index contributed by atoms with van der Waals surface area (Å²) < 4.78 is 20.0. The second kappa shape index (κ2) is 7.84. The highest BCUT2D eigenvalue weighted by Gasteiger charge is 2.43. The van der Waals surface area contributed by atoms with E-state index in [4.69, 9.17) is 10.00 Å². The van der Waals surface area contributed by atoms with E-state index in [9.17, 15) is 9.18 Å². The van der Waals surface area contributed by atoms with Crippen LogP contribution in [0.4, 0.5) is 10.1 Å². The minimum absolute atomic E-state index is 0.0606. The number of benzene rings is 2. The molecule has 6 heteroatoms. The molecule has 1 atom stereocenters. The number of piperidine rings is 1. The topological polar surface area (TPSA) is 56.6 Å². The van der Waals surface area contributed by atoms with Gasteiger partial charge >= 0.3 is 0 Å². The van der Waals surface area contributed by atoms with Crippen LogP contribution in [-0.2, 0) is 9.53 Å². The van der Waals surface area contributed by atoms with E-state index in [1.807, 2.05) is 53.1 Å². The second-order valence-corrected chi connectivity index (χ2v) is 8.03. The summed E-state index contributed by atoms with van der Waals surface area (Å²) in [5.74, 6) is -0.292. The Hall–Kier alpha value is -2.91. The van der Waals surface area contributed by atoms with Gasteiger partial charge in [-0.1, -0.05) is 37.3 Å². The number of anilines is 1. The summed E-state index contributed by atoms with van der Waals surface area (Å²) in [6.45, 7) is 4.00. The van der Waals surface area contributed by atoms with E-state index in [-0.39, 0.29) is 11.9 Å². The lowest BCUT2D eigenvalue weighted by molar-refractivity contribution is -0.144. The molecule has 0 aliphatic carbocycles.